The zero-order chi connectivity index (χ0) is 23.6. The fraction of sp³-hybridized carbons (Fsp3) is 0.333. The molecule has 1 aromatic heterocycles. The van der Waals surface area contributed by atoms with E-state index < -0.39 is 0 Å². The number of halogens is 1. The Bertz CT molecular complexity index is 1070. The van der Waals surface area contributed by atoms with E-state index in [9.17, 15) is 9.18 Å². The van der Waals surface area contributed by atoms with Crippen LogP contribution in [0.3, 0.4) is 0 Å². The minimum atomic E-state index is -0.321. The number of para-hydroxylation sites is 2. The lowest BCUT2D eigenvalue weighted by atomic mass is 10.1. The van der Waals surface area contributed by atoms with Crippen LogP contribution in [0.15, 0.2) is 66.9 Å². The second kappa shape index (κ2) is 12.0. The van der Waals surface area contributed by atoms with Crippen LogP contribution in [0.5, 0.6) is 23.1 Å². The summed E-state index contributed by atoms with van der Waals surface area (Å²) >= 11 is 0. The van der Waals surface area contributed by atoms with Crippen LogP contribution < -0.4 is 14.2 Å². The van der Waals surface area contributed by atoms with Crippen molar-refractivity contribution in [3.8, 4) is 23.1 Å². The van der Waals surface area contributed by atoms with Crippen molar-refractivity contribution in [3.05, 3.63) is 78.2 Å². The summed E-state index contributed by atoms with van der Waals surface area (Å²) in [5.41, 5.74) is 0.821. The van der Waals surface area contributed by atoms with Crippen molar-refractivity contribution in [2.24, 2.45) is 0 Å². The fourth-order valence-electron chi connectivity index (χ4n) is 3.78. The van der Waals surface area contributed by atoms with Crippen LogP contribution in [-0.2, 0) is 11.3 Å². The Labute approximate surface area is 199 Å². The Morgan fingerprint density at radius 1 is 0.971 bits per heavy atom. The molecule has 4 rings (SSSR count). The molecule has 1 amide bonds. The van der Waals surface area contributed by atoms with Gasteiger partial charge in [-0.1, -0.05) is 31.0 Å². The molecule has 0 aliphatic carbocycles. The summed E-state index contributed by atoms with van der Waals surface area (Å²) in [7, 11) is 0. The van der Waals surface area contributed by atoms with Gasteiger partial charge in [0.2, 0.25) is 11.8 Å². The average molecular weight is 465 g/mol. The third-order valence-corrected chi connectivity index (χ3v) is 5.60. The lowest BCUT2D eigenvalue weighted by molar-refractivity contribution is -0.132. The molecule has 2 heterocycles. The second-order valence-electron chi connectivity index (χ2n) is 8.15. The smallest absolute Gasteiger partial charge is 0.226 e. The molecule has 6 nitrogen and oxygen atoms in total. The molecular weight excluding hydrogens is 435 g/mol. The lowest BCUT2D eigenvalue weighted by Crippen LogP contribution is -2.32. The van der Waals surface area contributed by atoms with Crippen LogP contribution in [-0.4, -0.2) is 35.5 Å². The molecule has 1 aliphatic rings. The molecule has 0 N–H and O–H groups in total. The zero-order valence-corrected chi connectivity index (χ0v) is 19.1. The minimum absolute atomic E-state index is 0.00672. The van der Waals surface area contributed by atoms with Crippen molar-refractivity contribution >= 4 is 5.91 Å². The van der Waals surface area contributed by atoms with Gasteiger partial charge in [0.15, 0.2) is 11.5 Å². The van der Waals surface area contributed by atoms with Crippen molar-refractivity contribution in [1.29, 1.82) is 0 Å². The van der Waals surface area contributed by atoms with Crippen LogP contribution in [0.4, 0.5) is 4.39 Å². The quantitative estimate of drug-likeness (QED) is 0.491. The van der Waals surface area contributed by atoms with Gasteiger partial charge in [-0.15, -0.1) is 0 Å². The van der Waals surface area contributed by atoms with Crippen LogP contribution in [0.2, 0.25) is 0 Å². The third kappa shape index (κ3) is 6.70. The first-order chi connectivity index (χ1) is 16.7. The number of hydrogen-bond acceptors (Lipinski definition) is 5. The standard InChI is InChI=1S/C27H29FN2O4/c28-22-11-13-23(14-12-22)32-19-15-26(31)30-17-5-1-2-6-18-33-24-9-3-4-10-25(24)34-27-21(20-30)8-7-16-29-27/h3-4,7-14,16H,1-2,5-6,15,17-20H2. The van der Waals surface area contributed by atoms with Gasteiger partial charge in [0.25, 0.3) is 0 Å². The Balaban J connectivity index is 1.47. The Morgan fingerprint density at radius 3 is 2.62 bits per heavy atom. The highest BCUT2D eigenvalue weighted by Gasteiger charge is 2.18. The summed E-state index contributed by atoms with van der Waals surface area (Å²) < 4.78 is 30.8. The first-order valence-electron chi connectivity index (χ1n) is 11.7. The fourth-order valence-corrected chi connectivity index (χ4v) is 3.78. The molecule has 0 atom stereocenters. The number of ether oxygens (including phenoxy) is 3. The maximum absolute atomic E-state index is 13.1. The Kier molecular flexibility index (Phi) is 8.32. The minimum Gasteiger partial charge on any atom is -0.493 e. The van der Waals surface area contributed by atoms with E-state index in [0.717, 1.165) is 31.2 Å². The molecule has 34 heavy (non-hydrogen) atoms. The number of carbonyl (C=O) groups excluding carboxylic acids is 1. The molecule has 0 saturated heterocycles. The first-order valence-corrected chi connectivity index (χ1v) is 11.7. The number of carbonyl (C=O) groups is 1. The highest BCUT2D eigenvalue weighted by molar-refractivity contribution is 5.76. The van der Waals surface area contributed by atoms with Crippen molar-refractivity contribution < 1.29 is 23.4 Å². The van der Waals surface area contributed by atoms with E-state index in [1.54, 1.807) is 18.3 Å². The largest absolute Gasteiger partial charge is 0.493 e. The molecule has 3 aromatic rings. The number of nitrogens with zero attached hydrogens (tertiary/aromatic N) is 2. The summed E-state index contributed by atoms with van der Waals surface area (Å²) in [5.74, 6) is 1.95. The van der Waals surface area contributed by atoms with Gasteiger partial charge in [-0.3, -0.25) is 4.79 Å². The van der Waals surface area contributed by atoms with E-state index in [1.807, 2.05) is 41.3 Å². The molecule has 0 saturated carbocycles. The Morgan fingerprint density at radius 2 is 1.76 bits per heavy atom. The predicted molar refractivity (Wildman–Crippen MR) is 127 cm³/mol. The van der Waals surface area contributed by atoms with Gasteiger partial charge in [-0.2, -0.15) is 0 Å². The van der Waals surface area contributed by atoms with Crippen molar-refractivity contribution in [3.63, 3.8) is 0 Å². The summed E-state index contributed by atoms with van der Waals surface area (Å²) in [6.45, 7) is 1.86. The van der Waals surface area contributed by atoms with Crippen LogP contribution in [0.1, 0.15) is 37.7 Å². The number of aromatic nitrogens is 1. The number of fused-ring (bicyclic) bond motifs is 2. The van der Waals surface area contributed by atoms with Crippen LogP contribution in [0, 0.1) is 5.82 Å². The topological polar surface area (TPSA) is 60.9 Å². The van der Waals surface area contributed by atoms with E-state index >= 15 is 0 Å². The van der Waals surface area contributed by atoms with Crippen LogP contribution in [0.25, 0.3) is 0 Å². The SMILES string of the molecule is O=C(CCOc1ccc(F)cc1)N1CCCCCCOc2ccccc2Oc2ncccc2C1. The molecule has 0 unspecified atom stereocenters. The van der Waals surface area contributed by atoms with E-state index in [4.69, 9.17) is 14.2 Å². The maximum Gasteiger partial charge on any atom is 0.226 e. The molecule has 0 bridgehead atoms. The lowest BCUT2D eigenvalue weighted by Gasteiger charge is -2.24. The third-order valence-electron chi connectivity index (χ3n) is 5.60. The van der Waals surface area contributed by atoms with E-state index in [2.05, 4.69) is 4.98 Å². The van der Waals surface area contributed by atoms with Gasteiger partial charge in [0.05, 0.1) is 26.2 Å². The van der Waals surface area contributed by atoms with Crippen molar-refractivity contribution in [2.45, 2.75) is 38.6 Å². The van der Waals surface area contributed by atoms with Gasteiger partial charge in [0.1, 0.15) is 11.6 Å². The maximum atomic E-state index is 13.1. The predicted octanol–water partition coefficient (Wildman–Crippen LogP) is 5.76. The highest BCUT2D eigenvalue weighted by Crippen LogP contribution is 2.32. The number of benzene rings is 2. The monoisotopic (exact) mass is 464 g/mol. The normalized spacial score (nSPS) is 14.6. The highest BCUT2D eigenvalue weighted by atomic mass is 19.1. The van der Waals surface area contributed by atoms with Gasteiger partial charge >= 0.3 is 0 Å². The van der Waals surface area contributed by atoms with Gasteiger partial charge in [0, 0.05) is 18.3 Å². The molecular formula is C27H29FN2O4. The molecule has 178 valence electrons. The second-order valence-corrected chi connectivity index (χ2v) is 8.15. The zero-order valence-electron chi connectivity index (χ0n) is 19.1. The van der Waals surface area contributed by atoms with Gasteiger partial charge < -0.3 is 19.1 Å². The first kappa shape index (κ1) is 23.5. The molecule has 7 heteroatoms. The molecule has 1 aliphatic heterocycles. The van der Waals surface area contributed by atoms with Crippen molar-refractivity contribution in [2.75, 3.05) is 19.8 Å². The Hall–Kier alpha value is -3.61. The number of amides is 1. The van der Waals surface area contributed by atoms with Gasteiger partial charge in [-0.25, -0.2) is 9.37 Å². The summed E-state index contributed by atoms with van der Waals surface area (Å²) in [5, 5.41) is 0. The molecule has 0 fully saturated rings. The molecule has 0 radical (unpaired) electrons. The van der Waals surface area contributed by atoms with E-state index in [-0.39, 0.29) is 24.8 Å². The van der Waals surface area contributed by atoms with E-state index in [1.165, 1.54) is 12.1 Å². The summed E-state index contributed by atoms with van der Waals surface area (Å²) in [6, 6.07) is 17.1. The van der Waals surface area contributed by atoms with Gasteiger partial charge in [-0.05, 0) is 55.3 Å². The summed E-state index contributed by atoms with van der Waals surface area (Å²) in [6.07, 6.45) is 5.77. The van der Waals surface area contributed by atoms with E-state index in [0.29, 0.717) is 42.8 Å². The number of pyridine rings is 1. The van der Waals surface area contributed by atoms with Crippen LogP contribution >= 0.6 is 0 Å². The number of rotatable bonds is 4. The summed E-state index contributed by atoms with van der Waals surface area (Å²) in [4.78, 5) is 19.4. The molecule has 2 aromatic carbocycles. The van der Waals surface area contributed by atoms with Crippen molar-refractivity contribution in [1.82, 2.24) is 9.88 Å². The number of hydrogen-bond donors (Lipinski definition) is 0. The average Bonchev–Trinajstić information content (AvgIpc) is 2.85. The molecule has 0 spiro atoms.